The lowest BCUT2D eigenvalue weighted by molar-refractivity contribution is 0.0662. The Kier molecular flexibility index (Phi) is 4.29. The molecule has 0 saturated carbocycles. The fourth-order valence-corrected chi connectivity index (χ4v) is 1.28. The molecule has 0 aliphatic carbocycles. The van der Waals surface area contributed by atoms with Gasteiger partial charge in [0.15, 0.2) is 0 Å². The Hall–Kier alpha value is -0.870. The van der Waals surface area contributed by atoms with E-state index in [0.29, 0.717) is 0 Å². The summed E-state index contributed by atoms with van der Waals surface area (Å²) in [5, 5.41) is 12.8. The van der Waals surface area contributed by atoms with Crippen LogP contribution < -0.4 is 5.32 Å². The summed E-state index contributed by atoms with van der Waals surface area (Å²) in [5.41, 5.74) is 0.444. The fraction of sp³-hybridized carbons (Fsp3) is 0.727. The summed E-state index contributed by atoms with van der Waals surface area (Å²) >= 11 is 0. The standard InChI is InChI=1S/C11H21N3O/c1-4-12-7-10-8-14(9-13-10)6-5-11(2,3)15/h8-9,12,15H,4-7H2,1-3H3. The van der Waals surface area contributed by atoms with Gasteiger partial charge in [0.25, 0.3) is 0 Å². The molecule has 0 aliphatic heterocycles. The highest BCUT2D eigenvalue weighted by Crippen LogP contribution is 2.09. The number of rotatable bonds is 6. The molecule has 4 nitrogen and oxygen atoms in total. The summed E-state index contributed by atoms with van der Waals surface area (Å²) in [7, 11) is 0. The van der Waals surface area contributed by atoms with Gasteiger partial charge in [-0.05, 0) is 26.8 Å². The molecule has 86 valence electrons. The van der Waals surface area contributed by atoms with Crippen LogP contribution in [0.5, 0.6) is 0 Å². The van der Waals surface area contributed by atoms with Crippen molar-refractivity contribution >= 4 is 0 Å². The number of nitrogens with zero attached hydrogens (tertiary/aromatic N) is 2. The normalized spacial score (nSPS) is 12.0. The zero-order valence-electron chi connectivity index (χ0n) is 9.82. The number of aryl methyl sites for hydroxylation is 1. The maximum atomic E-state index is 9.58. The minimum atomic E-state index is -0.605. The molecule has 0 atom stereocenters. The molecule has 0 fully saturated rings. The van der Waals surface area contributed by atoms with E-state index in [0.717, 1.165) is 31.7 Å². The molecule has 15 heavy (non-hydrogen) atoms. The Labute approximate surface area is 91.3 Å². The Morgan fingerprint density at radius 3 is 2.87 bits per heavy atom. The van der Waals surface area contributed by atoms with Gasteiger partial charge in [0.2, 0.25) is 0 Å². The molecule has 4 heteroatoms. The Balaban J connectivity index is 2.39. The number of aliphatic hydroxyl groups is 1. The van der Waals surface area contributed by atoms with Crippen LogP contribution in [0.15, 0.2) is 12.5 Å². The second-order valence-corrected chi connectivity index (χ2v) is 4.45. The van der Waals surface area contributed by atoms with Gasteiger partial charge in [-0.3, -0.25) is 0 Å². The van der Waals surface area contributed by atoms with E-state index in [2.05, 4.69) is 17.2 Å². The van der Waals surface area contributed by atoms with Crippen LogP contribution in [0, 0.1) is 0 Å². The maximum Gasteiger partial charge on any atom is 0.0949 e. The maximum absolute atomic E-state index is 9.58. The first-order valence-electron chi connectivity index (χ1n) is 5.45. The van der Waals surface area contributed by atoms with E-state index in [4.69, 9.17) is 0 Å². The van der Waals surface area contributed by atoms with Crippen LogP contribution in [0.4, 0.5) is 0 Å². The summed E-state index contributed by atoms with van der Waals surface area (Å²) in [6, 6.07) is 0. The third-order valence-corrected chi connectivity index (χ3v) is 2.22. The van der Waals surface area contributed by atoms with Crippen LogP contribution in [0.1, 0.15) is 32.9 Å². The first-order chi connectivity index (χ1) is 7.01. The highest BCUT2D eigenvalue weighted by molar-refractivity contribution is 4.96. The molecule has 1 aromatic heterocycles. The minimum absolute atomic E-state index is 0.605. The predicted octanol–water partition coefficient (Wildman–Crippen LogP) is 1.15. The van der Waals surface area contributed by atoms with E-state index in [1.165, 1.54) is 0 Å². The van der Waals surface area contributed by atoms with Crippen molar-refractivity contribution in [1.29, 1.82) is 0 Å². The molecular formula is C11H21N3O. The van der Waals surface area contributed by atoms with Crippen molar-refractivity contribution in [3.8, 4) is 0 Å². The van der Waals surface area contributed by atoms with Gasteiger partial charge in [0, 0.05) is 19.3 Å². The summed E-state index contributed by atoms with van der Waals surface area (Å²) in [4.78, 5) is 4.27. The van der Waals surface area contributed by atoms with Crippen LogP contribution in [0.2, 0.25) is 0 Å². The predicted molar refractivity (Wildman–Crippen MR) is 60.5 cm³/mol. The van der Waals surface area contributed by atoms with Gasteiger partial charge in [-0.15, -0.1) is 0 Å². The third kappa shape index (κ3) is 4.95. The highest BCUT2D eigenvalue weighted by atomic mass is 16.3. The molecule has 1 rings (SSSR count). The zero-order chi connectivity index (χ0) is 11.3. The van der Waals surface area contributed by atoms with Crippen LogP contribution in [0.3, 0.4) is 0 Å². The van der Waals surface area contributed by atoms with E-state index in [1.54, 1.807) is 0 Å². The van der Waals surface area contributed by atoms with Gasteiger partial charge in [0.1, 0.15) is 0 Å². The molecule has 1 heterocycles. The van der Waals surface area contributed by atoms with Crippen molar-refractivity contribution in [3.05, 3.63) is 18.2 Å². The molecule has 0 amide bonds. The summed E-state index contributed by atoms with van der Waals surface area (Å²) in [6.07, 6.45) is 4.58. The van der Waals surface area contributed by atoms with Gasteiger partial charge >= 0.3 is 0 Å². The molecule has 1 aromatic rings. The number of hydrogen-bond donors (Lipinski definition) is 2. The summed E-state index contributed by atoms with van der Waals surface area (Å²) in [5.74, 6) is 0. The molecule has 2 N–H and O–H groups in total. The summed E-state index contributed by atoms with van der Waals surface area (Å²) in [6.45, 7) is 8.30. The van der Waals surface area contributed by atoms with E-state index in [-0.39, 0.29) is 0 Å². The molecular weight excluding hydrogens is 190 g/mol. The summed E-state index contributed by atoms with van der Waals surface area (Å²) < 4.78 is 2.02. The van der Waals surface area contributed by atoms with Crippen molar-refractivity contribution in [1.82, 2.24) is 14.9 Å². The van der Waals surface area contributed by atoms with E-state index in [9.17, 15) is 5.11 Å². The molecule has 0 aliphatic rings. The zero-order valence-corrected chi connectivity index (χ0v) is 9.82. The second-order valence-electron chi connectivity index (χ2n) is 4.45. The van der Waals surface area contributed by atoms with Crippen LogP contribution in [-0.4, -0.2) is 26.8 Å². The Bertz CT molecular complexity index is 288. The van der Waals surface area contributed by atoms with E-state index in [1.807, 2.05) is 30.9 Å². The van der Waals surface area contributed by atoms with Crippen molar-refractivity contribution in [2.75, 3.05) is 6.54 Å². The molecule has 0 saturated heterocycles. The average Bonchev–Trinajstić information content (AvgIpc) is 2.58. The smallest absolute Gasteiger partial charge is 0.0949 e. The lowest BCUT2D eigenvalue weighted by Crippen LogP contribution is -2.20. The quantitative estimate of drug-likeness (QED) is 0.742. The van der Waals surface area contributed by atoms with E-state index >= 15 is 0 Å². The minimum Gasteiger partial charge on any atom is -0.390 e. The first kappa shape index (κ1) is 12.2. The van der Waals surface area contributed by atoms with Crippen molar-refractivity contribution in [3.63, 3.8) is 0 Å². The monoisotopic (exact) mass is 211 g/mol. The lowest BCUT2D eigenvalue weighted by atomic mass is 10.1. The van der Waals surface area contributed by atoms with Gasteiger partial charge in [-0.25, -0.2) is 4.98 Å². The Morgan fingerprint density at radius 2 is 2.27 bits per heavy atom. The van der Waals surface area contributed by atoms with Gasteiger partial charge in [-0.1, -0.05) is 6.92 Å². The fourth-order valence-electron chi connectivity index (χ4n) is 1.28. The SMILES string of the molecule is CCNCc1cn(CCC(C)(C)O)cn1. The number of nitrogens with one attached hydrogen (secondary N) is 1. The number of imidazole rings is 1. The van der Waals surface area contributed by atoms with Gasteiger partial charge in [-0.2, -0.15) is 0 Å². The molecule has 0 bridgehead atoms. The largest absolute Gasteiger partial charge is 0.390 e. The average molecular weight is 211 g/mol. The molecule has 0 aromatic carbocycles. The first-order valence-corrected chi connectivity index (χ1v) is 5.45. The number of hydrogen-bond acceptors (Lipinski definition) is 3. The highest BCUT2D eigenvalue weighted by Gasteiger charge is 2.11. The van der Waals surface area contributed by atoms with Crippen LogP contribution in [0.25, 0.3) is 0 Å². The van der Waals surface area contributed by atoms with E-state index < -0.39 is 5.60 Å². The van der Waals surface area contributed by atoms with Crippen molar-refractivity contribution in [2.45, 2.75) is 45.9 Å². The Morgan fingerprint density at radius 1 is 1.53 bits per heavy atom. The molecule has 0 spiro atoms. The van der Waals surface area contributed by atoms with Crippen LogP contribution >= 0.6 is 0 Å². The second kappa shape index (κ2) is 5.28. The number of aromatic nitrogens is 2. The topological polar surface area (TPSA) is 50.1 Å². The van der Waals surface area contributed by atoms with Gasteiger partial charge < -0.3 is 15.0 Å². The van der Waals surface area contributed by atoms with Crippen LogP contribution in [-0.2, 0) is 13.1 Å². The van der Waals surface area contributed by atoms with Gasteiger partial charge in [0.05, 0.1) is 17.6 Å². The molecule has 0 radical (unpaired) electrons. The lowest BCUT2D eigenvalue weighted by Gasteiger charge is -2.16. The van der Waals surface area contributed by atoms with Crippen molar-refractivity contribution < 1.29 is 5.11 Å². The molecule has 0 unspecified atom stereocenters. The third-order valence-electron chi connectivity index (χ3n) is 2.22. The van der Waals surface area contributed by atoms with Crippen molar-refractivity contribution in [2.24, 2.45) is 0 Å².